The minimum absolute atomic E-state index is 1.10. The van der Waals surface area contributed by atoms with E-state index in [9.17, 15) is 0 Å². The van der Waals surface area contributed by atoms with E-state index in [1.165, 1.54) is 65.3 Å². The van der Waals surface area contributed by atoms with E-state index in [-0.39, 0.29) is 0 Å². The van der Waals surface area contributed by atoms with E-state index < -0.39 is 0 Å². The number of fused-ring (bicyclic) bond motifs is 8. The number of para-hydroxylation sites is 2. The fraction of sp³-hybridized carbons (Fsp3) is 0. The molecule has 0 amide bonds. The monoisotopic (exact) mass is 636 g/mol. The molecular weight excluding hydrogens is 605 g/mol. The lowest BCUT2D eigenvalue weighted by molar-refractivity contribution is 1.17. The van der Waals surface area contributed by atoms with Crippen molar-refractivity contribution in [3.63, 3.8) is 0 Å². The number of aromatic nitrogens is 1. The van der Waals surface area contributed by atoms with Gasteiger partial charge in [-0.15, -0.1) is 0 Å². The largest absolute Gasteiger partial charge is 0.310 e. The van der Waals surface area contributed by atoms with Crippen molar-refractivity contribution in [3.05, 3.63) is 194 Å². The molecule has 9 aromatic carbocycles. The summed E-state index contributed by atoms with van der Waals surface area (Å²) >= 11 is 0. The van der Waals surface area contributed by atoms with E-state index >= 15 is 0 Å². The second kappa shape index (κ2) is 11.5. The average Bonchev–Trinajstić information content (AvgIpc) is 3.53. The van der Waals surface area contributed by atoms with Gasteiger partial charge < -0.3 is 9.47 Å². The van der Waals surface area contributed by atoms with Gasteiger partial charge >= 0.3 is 0 Å². The van der Waals surface area contributed by atoms with Crippen LogP contribution in [-0.4, -0.2) is 4.57 Å². The Kier molecular flexibility index (Phi) is 6.53. The predicted molar refractivity (Wildman–Crippen MR) is 213 cm³/mol. The van der Waals surface area contributed by atoms with E-state index in [1.54, 1.807) is 0 Å². The molecule has 0 aliphatic rings. The highest BCUT2D eigenvalue weighted by atomic mass is 15.1. The Hall–Kier alpha value is -6.64. The van der Waals surface area contributed by atoms with Crippen molar-refractivity contribution in [1.82, 2.24) is 4.57 Å². The van der Waals surface area contributed by atoms with Crippen LogP contribution in [-0.2, 0) is 0 Å². The molecule has 1 aromatic heterocycles. The maximum Gasteiger partial charge on any atom is 0.0546 e. The minimum Gasteiger partial charge on any atom is -0.310 e. The summed E-state index contributed by atoms with van der Waals surface area (Å²) in [5, 5.41) is 10.1. The minimum atomic E-state index is 1.10. The van der Waals surface area contributed by atoms with Crippen molar-refractivity contribution in [3.8, 4) is 16.8 Å². The molecule has 0 saturated carbocycles. The van der Waals surface area contributed by atoms with Gasteiger partial charge in [0, 0.05) is 33.2 Å². The van der Waals surface area contributed by atoms with Gasteiger partial charge in [0.05, 0.1) is 16.7 Å². The molecule has 0 N–H and O–H groups in total. The van der Waals surface area contributed by atoms with Crippen molar-refractivity contribution < 1.29 is 0 Å². The first-order valence-electron chi connectivity index (χ1n) is 17.2. The van der Waals surface area contributed by atoms with Crippen molar-refractivity contribution in [2.45, 2.75) is 0 Å². The molecule has 50 heavy (non-hydrogen) atoms. The molecule has 0 saturated heterocycles. The van der Waals surface area contributed by atoms with Gasteiger partial charge in [-0.25, -0.2) is 0 Å². The van der Waals surface area contributed by atoms with Crippen LogP contribution < -0.4 is 4.90 Å². The zero-order chi connectivity index (χ0) is 33.0. The number of benzene rings is 9. The van der Waals surface area contributed by atoms with E-state index in [2.05, 4.69) is 204 Å². The van der Waals surface area contributed by atoms with Crippen LogP contribution in [0.1, 0.15) is 0 Å². The molecule has 1 heterocycles. The third kappa shape index (κ3) is 4.50. The van der Waals surface area contributed by atoms with Crippen LogP contribution in [0.2, 0.25) is 0 Å². The third-order valence-electron chi connectivity index (χ3n) is 10.1. The number of nitrogens with zero attached hydrogens (tertiary/aromatic N) is 2. The van der Waals surface area contributed by atoms with E-state index in [1.807, 2.05) is 0 Å². The molecule has 0 bridgehead atoms. The zero-order valence-electron chi connectivity index (χ0n) is 27.4. The SMILES string of the molecule is c1ccc(-c2cccc(N(c3ccc(-n4c5ccccc5c5ccccc54)cc3)c3cc4ccc5ccccc5c4c4ccccc34)c2)cc1. The molecule has 0 fully saturated rings. The van der Waals surface area contributed by atoms with Crippen LogP contribution >= 0.6 is 0 Å². The summed E-state index contributed by atoms with van der Waals surface area (Å²) in [6.07, 6.45) is 0. The maximum absolute atomic E-state index is 2.43. The van der Waals surface area contributed by atoms with E-state index in [0.29, 0.717) is 0 Å². The van der Waals surface area contributed by atoms with Crippen molar-refractivity contribution >= 4 is 71.2 Å². The molecule has 2 nitrogen and oxygen atoms in total. The van der Waals surface area contributed by atoms with E-state index in [0.717, 1.165) is 22.7 Å². The summed E-state index contributed by atoms with van der Waals surface area (Å²) in [5.74, 6) is 0. The molecule has 234 valence electrons. The Bertz CT molecular complexity index is 2810. The lowest BCUT2D eigenvalue weighted by Gasteiger charge is -2.28. The highest BCUT2D eigenvalue weighted by Gasteiger charge is 2.20. The fourth-order valence-electron chi connectivity index (χ4n) is 7.88. The van der Waals surface area contributed by atoms with Gasteiger partial charge in [0.1, 0.15) is 0 Å². The van der Waals surface area contributed by atoms with Crippen LogP contribution in [0.15, 0.2) is 194 Å². The number of hydrogen-bond acceptors (Lipinski definition) is 1. The summed E-state index contributed by atoms with van der Waals surface area (Å²) in [6.45, 7) is 0. The predicted octanol–water partition coefficient (Wildman–Crippen LogP) is 13.4. The van der Waals surface area contributed by atoms with Crippen molar-refractivity contribution in [1.29, 1.82) is 0 Å². The summed E-state index contributed by atoms with van der Waals surface area (Å²) in [6, 6.07) is 70.5. The first-order valence-corrected chi connectivity index (χ1v) is 17.2. The van der Waals surface area contributed by atoms with Crippen LogP contribution in [0.5, 0.6) is 0 Å². The molecular formula is C48H32N2. The van der Waals surface area contributed by atoms with Gasteiger partial charge in [0.15, 0.2) is 0 Å². The van der Waals surface area contributed by atoms with Gasteiger partial charge in [-0.2, -0.15) is 0 Å². The third-order valence-corrected chi connectivity index (χ3v) is 10.1. The second-order valence-electron chi connectivity index (χ2n) is 13.0. The Labute approximate surface area is 290 Å². The van der Waals surface area contributed by atoms with Gasteiger partial charge in [0.2, 0.25) is 0 Å². The Balaban J connectivity index is 1.21. The van der Waals surface area contributed by atoms with Gasteiger partial charge in [-0.05, 0) is 92.7 Å². The average molecular weight is 637 g/mol. The zero-order valence-corrected chi connectivity index (χ0v) is 27.4. The first kappa shape index (κ1) is 28.4. The second-order valence-corrected chi connectivity index (χ2v) is 13.0. The molecule has 0 unspecified atom stereocenters. The molecule has 0 aliphatic carbocycles. The van der Waals surface area contributed by atoms with Crippen LogP contribution in [0.3, 0.4) is 0 Å². The lowest BCUT2D eigenvalue weighted by atomic mass is 9.94. The van der Waals surface area contributed by atoms with Crippen LogP contribution in [0.4, 0.5) is 17.1 Å². The summed E-state index contributed by atoms with van der Waals surface area (Å²) < 4.78 is 2.38. The molecule has 0 radical (unpaired) electrons. The van der Waals surface area contributed by atoms with Crippen molar-refractivity contribution in [2.75, 3.05) is 4.90 Å². The summed E-state index contributed by atoms with van der Waals surface area (Å²) in [5.41, 5.74) is 9.31. The Morgan fingerprint density at radius 2 is 0.920 bits per heavy atom. The molecule has 0 spiro atoms. The van der Waals surface area contributed by atoms with Gasteiger partial charge in [0.25, 0.3) is 0 Å². The highest BCUT2D eigenvalue weighted by Crippen LogP contribution is 2.44. The quantitative estimate of drug-likeness (QED) is 0.171. The fourth-order valence-corrected chi connectivity index (χ4v) is 7.88. The molecule has 0 atom stereocenters. The molecule has 2 heteroatoms. The van der Waals surface area contributed by atoms with Crippen LogP contribution in [0.25, 0.3) is 70.9 Å². The molecule has 10 aromatic rings. The summed E-state index contributed by atoms with van der Waals surface area (Å²) in [7, 11) is 0. The topological polar surface area (TPSA) is 8.17 Å². The number of hydrogen-bond donors (Lipinski definition) is 0. The highest BCUT2D eigenvalue weighted by molar-refractivity contribution is 6.23. The lowest BCUT2D eigenvalue weighted by Crippen LogP contribution is -2.11. The number of anilines is 3. The normalized spacial score (nSPS) is 11.6. The first-order chi connectivity index (χ1) is 24.8. The Morgan fingerprint density at radius 1 is 0.340 bits per heavy atom. The van der Waals surface area contributed by atoms with E-state index in [4.69, 9.17) is 0 Å². The van der Waals surface area contributed by atoms with Gasteiger partial charge in [-0.1, -0.05) is 140 Å². The van der Waals surface area contributed by atoms with Crippen LogP contribution in [0, 0.1) is 0 Å². The molecule has 0 aliphatic heterocycles. The Morgan fingerprint density at radius 3 is 1.66 bits per heavy atom. The standard InChI is InChI=1S/C48H32N2/c1-2-13-33(14-3-1)35-16-12-17-39(31-35)49(47-32-36-26-25-34-15-4-5-18-40(34)48(36)44-22-7-6-21-43(44)47)37-27-29-38(30-28-37)50-45-23-10-8-19-41(45)42-20-9-11-24-46(42)50/h1-32H. The smallest absolute Gasteiger partial charge is 0.0546 e. The van der Waals surface area contributed by atoms with Gasteiger partial charge in [-0.3, -0.25) is 0 Å². The summed E-state index contributed by atoms with van der Waals surface area (Å²) in [4.78, 5) is 2.43. The maximum atomic E-state index is 2.43. The number of rotatable bonds is 5. The van der Waals surface area contributed by atoms with Crippen molar-refractivity contribution in [2.24, 2.45) is 0 Å². The molecule has 10 rings (SSSR count).